The molecule has 6 heteroatoms. The SMILES string of the molecule is O=C(NCc1cccc(Cl)c1)c1cn(CCCN2CCC(N3CCCC3)CC2)c2ccccc12. The van der Waals surface area contributed by atoms with Crippen molar-refractivity contribution in [1.29, 1.82) is 0 Å². The number of hydrogen-bond donors (Lipinski definition) is 1. The average Bonchev–Trinajstić information content (AvgIpc) is 3.52. The van der Waals surface area contributed by atoms with E-state index in [-0.39, 0.29) is 5.91 Å². The molecule has 1 amide bonds. The van der Waals surface area contributed by atoms with Gasteiger partial charge in [0.15, 0.2) is 0 Å². The molecule has 2 aliphatic rings. The summed E-state index contributed by atoms with van der Waals surface area (Å²) in [6.45, 7) is 7.55. The number of hydrogen-bond acceptors (Lipinski definition) is 3. The second-order valence-electron chi connectivity index (χ2n) is 9.74. The lowest BCUT2D eigenvalue weighted by atomic mass is 10.0. The zero-order valence-electron chi connectivity index (χ0n) is 19.9. The minimum atomic E-state index is -0.0427. The number of nitrogens with one attached hydrogen (secondary N) is 1. The monoisotopic (exact) mass is 478 g/mol. The summed E-state index contributed by atoms with van der Waals surface area (Å²) in [7, 11) is 0. The number of piperidine rings is 1. The van der Waals surface area contributed by atoms with Crippen molar-refractivity contribution >= 4 is 28.4 Å². The maximum Gasteiger partial charge on any atom is 0.253 e. The number of halogens is 1. The molecule has 0 unspecified atom stereocenters. The molecule has 0 radical (unpaired) electrons. The summed E-state index contributed by atoms with van der Waals surface area (Å²) < 4.78 is 2.25. The Kier molecular flexibility index (Phi) is 7.53. The molecule has 5 nitrogen and oxygen atoms in total. The van der Waals surface area contributed by atoms with Crippen molar-refractivity contribution < 1.29 is 4.79 Å². The Morgan fingerprint density at radius 2 is 1.76 bits per heavy atom. The third-order valence-corrected chi connectivity index (χ3v) is 7.70. The number of carbonyl (C=O) groups excluding carboxylic acids is 1. The van der Waals surface area contributed by atoms with Crippen molar-refractivity contribution in [1.82, 2.24) is 19.7 Å². The molecule has 0 atom stereocenters. The summed E-state index contributed by atoms with van der Waals surface area (Å²) in [5, 5.41) is 4.76. The molecule has 5 rings (SSSR count). The van der Waals surface area contributed by atoms with E-state index in [1.54, 1.807) is 0 Å². The quantitative estimate of drug-likeness (QED) is 0.485. The lowest BCUT2D eigenvalue weighted by Crippen LogP contribution is -2.44. The number of aromatic nitrogens is 1. The second-order valence-corrected chi connectivity index (χ2v) is 10.2. The summed E-state index contributed by atoms with van der Waals surface area (Å²) in [5.41, 5.74) is 2.87. The molecule has 0 bridgehead atoms. The molecule has 34 heavy (non-hydrogen) atoms. The number of para-hydroxylation sites is 1. The molecule has 3 heterocycles. The molecular weight excluding hydrogens is 444 g/mol. The van der Waals surface area contributed by atoms with Gasteiger partial charge in [-0.05, 0) is 88.6 Å². The zero-order chi connectivity index (χ0) is 23.3. The third-order valence-electron chi connectivity index (χ3n) is 7.46. The molecule has 0 spiro atoms. The molecular formula is C28H35ClN4O. The van der Waals surface area contributed by atoms with Gasteiger partial charge in [-0.1, -0.05) is 41.9 Å². The summed E-state index contributed by atoms with van der Waals surface area (Å²) in [6, 6.07) is 16.6. The molecule has 2 fully saturated rings. The Bertz CT molecular complexity index is 1110. The van der Waals surface area contributed by atoms with Gasteiger partial charge in [0.2, 0.25) is 0 Å². The first kappa shape index (κ1) is 23.4. The highest BCUT2D eigenvalue weighted by Gasteiger charge is 2.26. The minimum absolute atomic E-state index is 0.0427. The van der Waals surface area contributed by atoms with Crippen LogP contribution in [0.15, 0.2) is 54.7 Å². The van der Waals surface area contributed by atoms with Crippen LogP contribution in [0.25, 0.3) is 10.9 Å². The van der Waals surface area contributed by atoms with Crippen LogP contribution in [0, 0.1) is 0 Å². The fourth-order valence-electron chi connectivity index (χ4n) is 5.62. The van der Waals surface area contributed by atoms with Gasteiger partial charge in [-0.15, -0.1) is 0 Å². The molecule has 0 saturated carbocycles. The predicted octanol–water partition coefficient (Wildman–Crippen LogP) is 5.18. The maximum absolute atomic E-state index is 13.0. The van der Waals surface area contributed by atoms with E-state index in [4.69, 9.17) is 11.6 Å². The van der Waals surface area contributed by atoms with Gasteiger partial charge in [-0.2, -0.15) is 0 Å². The topological polar surface area (TPSA) is 40.5 Å². The van der Waals surface area contributed by atoms with E-state index in [0.29, 0.717) is 11.6 Å². The van der Waals surface area contributed by atoms with Crippen LogP contribution in [-0.2, 0) is 13.1 Å². The van der Waals surface area contributed by atoms with Gasteiger partial charge in [0, 0.05) is 41.3 Å². The van der Waals surface area contributed by atoms with Crippen molar-refractivity contribution in [3.63, 3.8) is 0 Å². The first-order chi connectivity index (χ1) is 16.7. The van der Waals surface area contributed by atoms with Crippen molar-refractivity contribution in [3.8, 4) is 0 Å². The largest absolute Gasteiger partial charge is 0.348 e. The number of amides is 1. The number of likely N-dealkylation sites (tertiary alicyclic amines) is 2. The molecule has 2 aromatic carbocycles. The third kappa shape index (κ3) is 5.48. The summed E-state index contributed by atoms with van der Waals surface area (Å²) in [6.07, 6.45) is 8.50. The normalized spacial score (nSPS) is 18.0. The van der Waals surface area contributed by atoms with Crippen molar-refractivity contribution in [2.24, 2.45) is 0 Å². The van der Waals surface area contributed by atoms with E-state index in [9.17, 15) is 4.79 Å². The van der Waals surface area contributed by atoms with Crippen LogP contribution in [0.4, 0.5) is 0 Å². The number of carbonyl (C=O) groups is 1. The standard InChI is InChI=1S/C28H35ClN4O/c29-23-8-5-7-22(19-23)20-30-28(34)26-21-33(27-10-2-1-9-25(26)27)16-6-13-31-17-11-24(12-18-31)32-14-3-4-15-32/h1-2,5,7-10,19,21,24H,3-4,6,11-18,20H2,(H,30,34). The van der Waals surface area contributed by atoms with Crippen LogP contribution in [0.5, 0.6) is 0 Å². The molecule has 180 valence electrons. The van der Waals surface area contributed by atoms with E-state index >= 15 is 0 Å². The van der Waals surface area contributed by atoms with Gasteiger partial charge in [-0.25, -0.2) is 0 Å². The Morgan fingerprint density at radius 3 is 2.56 bits per heavy atom. The molecule has 2 aliphatic heterocycles. The lowest BCUT2D eigenvalue weighted by Gasteiger charge is -2.36. The van der Waals surface area contributed by atoms with Crippen molar-refractivity contribution in [2.75, 3.05) is 32.7 Å². The van der Waals surface area contributed by atoms with Crippen LogP contribution in [-0.4, -0.2) is 59.0 Å². The Labute approximate surface area is 207 Å². The van der Waals surface area contributed by atoms with Crippen LogP contribution in [0.2, 0.25) is 5.02 Å². The van der Waals surface area contributed by atoms with Crippen LogP contribution >= 0.6 is 11.6 Å². The van der Waals surface area contributed by atoms with E-state index in [1.807, 2.05) is 42.6 Å². The van der Waals surface area contributed by atoms with Crippen molar-refractivity contribution in [2.45, 2.75) is 51.2 Å². The number of aryl methyl sites for hydroxylation is 1. The lowest BCUT2D eigenvalue weighted by molar-refractivity contribution is 0.0952. The molecule has 0 aliphatic carbocycles. The van der Waals surface area contributed by atoms with Gasteiger partial charge in [0.25, 0.3) is 5.91 Å². The van der Waals surface area contributed by atoms with Crippen LogP contribution in [0.3, 0.4) is 0 Å². The Morgan fingerprint density at radius 1 is 0.971 bits per heavy atom. The predicted molar refractivity (Wildman–Crippen MR) is 139 cm³/mol. The van der Waals surface area contributed by atoms with Gasteiger partial charge in [-0.3, -0.25) is 4.79 Å². The molecule has 1 N–H and O–H groups in total. The number of nitrogens with zero attached hydrogens (tertiary/aromatic N) is 3. The molecule has 3 aromatic rings. The Hall–Kier alpha value is -2.34. The number of fused-ring (bicyclic) bond motifs is 1. The molecule has 2 saturated heterocycles. The van der Waals surface area contributed by atoms with Gasteiger partial charge in [0.05, 0.1) is 5.56 Å². The van der Waals surface area contributed by atoms with E-state index < -0.39 is 0 Å². The fraction of sp³-hybridized carbons (Fsp3) is 0.464. The first-order valence-electron chi connectivity index (χ1n) is 12.7. The minimum Gasteiger partial charge on any atom is -0.348 e. The van der Waals surface area contributed by atoms with Crippen LogP contribution in [0.1, 0.15) is 48.0 Å². The molecule has 1 aromatic heterocycles. The number of rotatable bonds is 8. The van der Waals surface area contributed by atoms with Gasteiger partial charge < -0.3 is 19.7 Å². The summed E-state index contributed by atoms with van der Waals surface area (Å²) in [4.78, 5) is 18.4. The first-order valence-corrected chi connectivity index (χ1v) is 13.1. The summed E-state index contributed by atoms with van der Waals surface area (Å²) in [5.74, 6) is -0.0427. The fourth-order valence-corrected chi connectivity index (χ4v) is 5.83. The zero-order valence-corrected chi connectivity index (χ0v) is 20.6. The maximum atomic E-state index is 13.0. The van der Waals surface area contributed by atoms with Gasteiger partial charge >= 0.3 is 0 Å². The van der Waals surface area contributed by atoms with E-state index in [0.717, 1.165) is 47.6 Å². The van der Waals surface area contributed by atoms with E-state index in [2.05, 4.69) is 31.8 Å². The number of benzene rings is 2. The van der Waals surface area contributed by atoms with E-state index in [1.165, 1.54) is 51.9 Å². The highest BCUT2D eigenvalue weighted by atomic mass is 35.5. The van der Waals surface area contributed by atoms with Crippen LogP contribution < -0.4 is 5.32 Å². The highest BCUT2D eigenvalue weighted by Crippen LogP contribution is 2.23. The van der Waals surface area contributed by atoms with Crippen molar-refractivity contribution in [3.05, 3.63) is 70.9 Å². The summed E-state index contributed by atoms with van der Waals surface area (Å²) >= 11 is 6.08. The van der Waals surface area contributed by atoms with Gasteiger partial charge in [0.1, 0.15) is 0 Å². The highest BCUT2D eigenvalue weighted by molar-refractivity contribution is 6.30. The average molecular weight is 479 g/mol. The second kappa shape index (κ2) is 10.9. The smallest absolute Gasteiger partial charge is 0.253 e. The Balaban J connectivity index is 1.17.